The van der Waals surface area contributed by atoms with Crippen molar-refractivity contribution in [3.05, 3.63) is 127 Å². The Morgan fingerprint density at radius 1 is 1.05 bits per heavy atom. The maximum atomic E-state index is 14.3. The number of rotatable bonds is 9. The maximum Gasteiger partial charge on any atom is 0.270 e. The largest absolute Gasteiger partial charge is 0.394 e. The van der Waals surface area contributed by atoms with Crippen molar-refractivity contribution in [1.29, 1.82) is 0 Å². The number of amidine groups is 1. The molecule has 6 rings (SSSR count). The van der Waals surface area contributed by atoms with E-state index in [0.29, 0.717) is 17.8 Å². The molecule has 3 aromatic carbocycles. The van der Waals surface area contributed by atoms with Crippen LogP contribution in [0.1, 0.15) is 61.3 Å². The van der Waals surface area contributed by atoms with E-state index in [4.69, 9.17) is 10.6 Å². The van der Waals surface area contributed by atoms with Crippen LogP contribution in [0.2, 0.25) is 0 Å². The Hall–Kier alpha value is -5.92. The molecule has 1 atom stereocenters. The zero-order chi connectivity index (χ0) is 31.0. The summed E-state index contributed by atoms with van der Waals surface area (Å²) in [4.78, 5) is 66.1. The first kappa shape index (κ1) is 28.2. The molecule has 2 aliphatic rings. The van der Waals surface area contributed by atoms with Gasteiger partial charge in [-0.15, -0.1) is 0 Å². The number of nitrogens with two attached hydrogens (primary N) is 1. The average Bonchev–Trinajstić information content (AvgIpc) is 3.66. The van der Waals surface area contributed by atoms with Crippen molar-refractivity contribution in [3.8, 4) is 0 Å². The molecule has 4 aromatic rings. The molecule has 0 saturated heterocycles. The van der Waals surface area contributed by atoms with Crippen molar-refractivity contribution in [1.82, 2.24) is 26.1 Å². The second kappa shape index (κ2) is 11.4. The number of fused-ring (bicyclic) bond motifs is 1. The average molecular weight is 597 g/mol. The molecular weight excluding hydrogens is 571 g/mol. The van der Waals surface area contributed by atoms with Crippen molar-refractivity contribution in [3.63, 3.8) is 0 Å². The fourth-order valence-corrected chi connectivity index (χ4v) is 5.07. The number of aromatic nitrogens is 2. The number of hydrogen-bond donors (Lipinski definition) is 5. The van der Waals surface area contributed by atoms with Gasteiger partial charge in [-0.05, 0) is 54.3 Å². The number of benzene rings is 2. The summed E-state index contributed by atoms with van der Waals surface area (Å²) >= 11 is 0. The highest BCUT2D eigenvalue weighted by molar-refractivity contribution is 6.00. The van der Waals surface area contributed by atoms with Gasteiger partial charge in [-0.3, -0.25) is 19.2 Å². The Morgan fingerprint density at radius 3 is 2.59 bits per heavy atom. The molecule has 1 aromatic heterocycles. The lowest BCUT2D eigenvalue weighted by atomic mass is 10.0. The highest BCUT2D eigenvalue weighted by Gasteiger charge is 2.26. The van der Waals surface area contributed by atoms with E-state index >= 15 is 0 Å². The normalized spacial score (nSPS) is 15.2. The van der Waals surface area contributed by atoms with E-state index < -0.39 is 28.5 Å². The minimum atomic E-state index is -0.774. The fourth-order valence-electron chi connectivity index (χ4n) is 5.07. The van der Waals surface area contributed by atoms with Gasteiger partial charge in [-0.2, -0.15) is 4.99 Å². The summed E-state index contributed by atoms with van der Waals surface area (Å²) in [5.41, 5.74) is 10.2. The van der Waals surface area contributed by atoms with Crippen LogP contribution in [0.25, 0.3) is 0 Å². The van der Waals surface area contributed by atoms with Gasteiger partial charge < -0.3 is 26.5 Å². The maximum absolute atomic E-state index is 14.3. The summed E-state index contributed by atoms with van der Waals surface area (Å²) in [6, 6.07) is 11.1. The summed E-state index contributed by atoms with van der Waals surface area (Å²) < 4.78 is 14.3. The van der Waals surface area contributed by atoms with Crippen LogP contribution in [0.4, 0.5) is 15.8 Å². The van der Waals surface area contributed by atoms with E-state index in [9.17, 15) is 23.6 Å². The van der Waals surface area contributed by atoms with Crippen molar-refractivity contribution >= 4 is 29.0 Å². The van der Waals surface area contributed by atoms with Crippen molar-refractivity contribution < 1.29 is 18.8 Å². The zero-order valence-electron chi connectivity index (χ0n) is 23.1. The predicted molar refractivity (Wildman–Crippen MR) is 158 cm³/mol. The van der Waals surface area contributed by atoms with Gasteiger partial charge in [-0.25, -0.2) is 19.8 Å². The first-order chi connectivity index (χ1) is 21.2. The molecule has 44 heavy (non-hydrogen) atoms. The quantitative estimate of drug-likeness (QED) is 0.177. The fraction of sp³-hybridized carbons (Fsp3) is 0.167. The number of nitrogens with one attached hydrogen (secondary N) is 4. The van der Waals surface area contributed by atoms with Gasteiger partial charge in [0.25, 0.3) is 22.7 Å². The van der Waals surface area contributed by atoms with E-state index in [1.54, 1.807) is 0 Å². The van der Waals surface area contributed by atoms with E-state index in [0.717, 1.165) is 29.4 Å². The third-order valence-electron chi connectivity index (χ3n) is 7.40. The standard InChI is InChI=1S/C30H25FN8O5/c1-14-37-28(39-44-14)17-3-5-19-16(9-17)4-7-21(19)38-30(43)23-10-22(35-13-36-23)29(42)34-11-15-2-6-20(31)18(8-15)12-33-25-24(32)26(40)27(25)41/h2-3,5-6,8-10,13,21,33H,1,4,7,11-12,32H2,(H,34,42)(H,37,39)(H,38,43)/t21-/m0/s1. The lowest BCUT2D eigenvalue weighted by Gasteiger charge is -2.14. The van der Waals surface area contributed by atoms with Gasteiger partial charge in [0.2, 0.25) is 5.88 Å². The van der Waals surface area contributed by atoms with Crippen LogP contribution in [-0.4, -0.2) is 27.6 Å². The lowest BCUT2D eigenvalue weighted by Crippen LogP contribution is -2.37. The number of hydrogen-bond acceptors (Lipinski definition) is 11. The van der Waals surface area contributed by atoms with Crippen molar-refractivity contribution in [2.24, 2.45) is 4.99 Å². The molecule has 14 heteroatoms. The Labute approximate surface area is 248 Å². The summed E-state index contributed by atoms with van der Waals surface area (Å²) in [6.07, 6.45) is 2.59. The summed E-state index contributed by atoms with van der Waals surface area (Å²) in [7, 11) is 0. The second-order valence-corrected chi connectivity index (χ2v) is 10.2. The number of aryl methyl sites for hydroxylation is 1. The molecule has 6 N–H and O–H groups in total. The molecule has 1 aliphatic heterocycles. The Bertz CT molecular complexity index is 1950. The van der Waals surface area contributed by atoms with Crippen molar-refractivity contribution in [2.75, 3.05) is 11.1 Å². The summed E-state index contributed by atoms with van der Waals surface area (Å²) in [6.45, 7) is 3.60. The molecule has 0 unspecified atom stereocenters. The summed E-state index contributed by atoms with van der Waals surface area (Å²) in [5, 5.41) is 8.35. The van der Waals surface area contributed by atoms with E-state index in [1.165, 1.54) is 24.3 Å². The Balaban J connectivity index is 1.06. The number of aliphatic imine (C=N–C) groups is 1. The molecule has 0 saturated carbocycles. The van der Waals surface area contributed by atoms with Gasteiger partial charge >= 0.3 is 0 Å². The van der Waals surface area contributed by atoms with Crippen LogP contribution in [0, 0.1) is 5.82 Å². The van der Waals surface area contributed by atoms with Crippen molar-refractivity contribution in [2.45, 2.75) is 32.0 Å². The number of carbonyl (C=O) groups is 2. The smallest absolute Gasteiger partial charge is 0.270 e. The molecule has 0 radical (unpaired) electrons. The van der Waals surface area contributed by atoms with Crippen LogP contribution in [-0.2, 0) is 24.3 Å². The summed E-state index contributed by atoms with van der Waals surface area (Å²) in [5.74, 6) is -0.700. The highest BCUT2D eigenvalue weighted by atomic mass is 19.1. The molecule has 0 fully saturated rings. The van der Waals surface area contributed by atoms with Crippen LogP contribution >= 0.6 is 0 Å². The van der Waals surface area contributed by atoms with Gasteiger partial charge in [0.15, 0.2) is 5.84 Å². The van der Waals surface area contributed by atoms with Gasteiger partial charge in [0.05, 0.1) is 6.04 Å². The van der Waals surface area contributed by atoms with Gasteiger partial charge in [0.1, 0.15) is 34.9 Å². The number of hydroxylamine groups is 1. The topological polar surface area (TPSA) is 190 Å². The van der Waals surface area contributed by atoms with Crippen LogP contribution in [0.15, 0.2) is 75.8 Å². The molecule has 1 aliphatic carbocycles. The molecule has 0 spiro atoms. The molecule has 0 bridgehead atoms. The lowest BCUT2D eigenvalue weighted by molar-refractivity contribution is 0.0931. The molecule has 222 valence electrons. The Morgan fingerprint density at radius 2 is 1.84 bits per heavy atom. The second-order valence-electron chi connectivity index (χ2n) is 10.2. The first-order valence-corrected chi connectivity index (χ1v) is 13.5. The van der Waals surface area contributed by atoms with Gasteiger partial charge in [0, 0.05) is 30.3 Å². The van der Waals surface area contributed by atoms with E-state index in [-0.39, 0.29) is 53.3 Å². The van der Waals surface area contributed by atoms with Crippen LogP contribution in [0.3, 0.4) is 0 Å². The highest BCUT2D eigenvalue weighted by Crippen LogP contribution is 2.32. The minimum absolute atomic E-state index is 0.0187. The predicted octanol–water partition coefficient (Wildman–Crippen LogP) is 1.51. The number of nitrogen functional groups attached to an aromatic ring is 1. The third kappa shape index (κ3) is 5.47. The number of carbonyl (C=O) groups excluding carboxylic acids is 2. The molecule has 13 nitrogen and oxygen atoms in total. The first-order valence-electron chi connectivity index (χ1n) is 13.5. The van der Waals surface area contributed by atoms with E-state index in [2.05, 4.69) is 43.0 Å². The number of anilines is 2. The van der Waals surface area contributed by atoms with E-state index in [1.807, 2.05) is 18.2 Å². The molecule has 2 amide bonds. The Kier molecular flexibility index (Phi) is 7.31. The third-order valence-corrected chi connectivity index (χ3v) is 7.40. The number of nitrogens with zero attached hydrogens (tertiary/aromatic N) is 3. The molecular formula is C30H25FN8O5. The minimum Gasteiger partial charge on any atom is -0.394 e. The van der Waals surface area contributed by atoms with Crippen LogP contribution < -0.4 is 38.0 Å². The number of amides is 2. The zero-order valence-corrected chi connectivity index (χ0v) is 23.1. The van der Waals surface area contributed by atoms with Gasteiger partial charge in [-0.1, -0.05) is 18.2 Å². The van der Waals surface area contributed by atoms with Crippen LogP contribution in [0.5, 0.6) is 0 Å². The SMILES string of the molecule is C=C1N=C(c2ccc3c(c2)CC[C@@H]3NC(=O)c2cc(C(=O)NCc3ccc(F)c(CNc4c(N)c(=O)c4=O)c3)ncn2)NO1. The molecule has 2 heterocycles. The monoisotopic (exact) mass is 596 g/mol. The number of halogens is 1.